The van der Waals surface area contributed by atoms with Gasteiger partial charge in [-0.15, -0.1) is 0 Å². The molecule has 1 nitrogen and oxygen atoms in total. The first-order valence-corrected chi connectivity index (χ1v) is 6.89. The second kappa shape index (κ2) is 8.27. The summed E-state index contributed by atoms with van der Waals surface area (Å²) >= 11 is 3.69. The molecule has 72 valence electrons. The van der Waals surface area contributed by atoms with Crippen LogP contribution in [0.15, 0.2) is 0 Å². The maximum atomic E-state index is 4.99. The smallest absolute Gasteiger partial charge is 0.0614 e. The van der Waals surface area contributed by atoms with Gasteiger partial charge in [-0.05, 0) is 49.2 Å². The molecule has 0 aromatic rings. The lowest BCUT2D eigenvalue weighted by atomic mass is 10.3. The SMILES string of the molecule is C1CCSCC1.C1CCSOC1. The van der Waals surface area contributed by atoms with Crippen molar-refractivity contribution < 1.29 is 4.18 Å². The Morgan fingerprint density at radius 2 is 1.50 bits per heavy atom. The van der Waals surface area contributed by atoms with E-state index < -0.39 is 0 Å². The van der Waals surface area contributed by atoms with E-state index >= 15 is 0 Å². The average molecular weight is 206 g/mol. The number of thioether (sulfide) groups is 1. The zero-order valence-corrected chi connectivity index (χ0v) is 9.22. The summed E-state index contributed by atoms with van der Waals surface area (Å²) in [4.78, 5) is 0. The molecule has 2 fully saturated rings. The zero-order valence-electron chi connectivity index (χ0n) is 7.59. The molecule has 12 heavy (non-hydrogen) atoms. The van der Waals surface area contributed by atoms with Crippen LogP contribution in [0.25, 0.3) is 0 Å². The van der Waals surface area contributed by atoms with E-state index in [0.29, 0.717) is 0 Å². The minimum atomic E-state index is 0.963. The highest BCUT2D eigenvalue weighted by Gasteiger charge is 1.96. The summed E-state index contributed by atoms with van der Waals surface area (Å²) in [7, 11) is 0. The molecular weight excluding hydrogens is 188 g/mol. The van der Waals surface area contributed by atoms with Crippen LogP contribution >= 0.6 is 23.8 Å². The van der Waals surface area contributed by atoms with E-state index in [1.54, 1.807) is 12.0 Å². The quantitative estimate of drug-likeness (QED) is 0.563. The Hall–Kier alpha value is 0.660. The molecule has 2 rings (SSSR count). The van der Waals surface area contributed by atoms with Crippen LogP contribution in [0.1, 0.15) is 32.1 Å². The summed E-state index contributed by atoms with van der Waals surface area (Å²) < 4.78 is 4.99. The molecule has 0 unspecified atom stereocenters. The van der Waals surface area contributed by atoms with Crippen molar-refractivity contribution in [1.82, 2.24) is 0 Å². The van der Waals surface area contributed by atoms with Gasteiger partial charge in [0.2, 0.25) is 0 Å². The van der Waals surface area contributed by atoms with Crippen LogP contribution in [0, 0.1) is 0 Å². The number of hydrogen-bond acceptors (Lipinski definition) is 3. The molecule has 0 bridgehead atoms. The average Bonchev–Trinajstić information content (AvgIpc) is 2.24. The molecule has 0 N–H and O–H groups in total. The van der Waals surface area contributed by atoms with Gasteiger partial charge < -0.3 is 4.18 Å². The molecule has 0 aliphatic carbocycles. The molecular formula is C9H18OS2. The first-order valence-electron chi connectivity index (χ1n) is 4.82. The monoisotopic (exact) mass is 206 g/mol. The summed E-state index contributed by atoms with van der Waals surface area (Å²) in [5.74, 6) is 4.03. The van der Waals surface area contributed by atoms with Crippen LogP contribution in [-0.4, -0.2) is 23.9 Å². The van der Waals surface area contributed by atoms with Gasteiger partial charge in [-0.2, -0.15) is 11.8 Å². The zero-order chi connectivity index (χ0) is 8.49. The maximum Gasteiger partial charge on any atom is 0.0614 e. The Bertz CT molecular complexity index is 55.5. The van der Waals surface area contributed by atoms with Crippen molar-refractivity contribution in [2.24, 2.45) is 0 Å². The molecule has 3 heteroatoms. The fraction of sp³-hybridized carbons (Fsp3) is 1.00. The highest BCUT2D eigenvalue weighted by molar-refractivity contribution is 7.99. The van der Waals surface area contributed by atoms with Gasteiger partial charge in [0.1, 0.15) is 0 Å². The molecule has 2 aliphatic rings. The Labute approximate surface area is 84.2 Å². The van der Waals surface area contributed by atoms with E-state index in [1.165, 1.54) is 49.4 Å². The van der Waals surface area contributed by atoms with E-state index in [9.17, 15) is 0 Å². The van der Waals surface area contributed by atoms with Crippen molar-refractivity contribution >= 4 is 23.8 Å². The van der Waals surface area contributed by atoms with Gasteiger partial charge in [-0.25, -0.2) is 0 Å². The topological polar surface area (TPSA) is 9.23 Å². The fourth-order valence-electron chi connectivity index (χ4n) is 1.13. The van der Waals surface area contributed by atoms with Crippen LogP contribution in [0.4, 0.5) is 0 Å². The minimum absolute atomic E-state index is 0.963. The van der Waals surface area contributed by atoms with Gasteiger partial charge in [0.05, 0.1) is 6.61 Å². The molecule has 0 aromatic heterocycles. The summed E-state index contributed by atoms with van der Waals surface area (Å²) in [6, 6.07) is 0. The van der Waals surface area contributed by atoms with Crippen molar-refractivity contribution in [3.63, 3.8) is 0 Å². The third kappa shape index (κ3) is 6.21. The lowest BCUT2D eigenvalue weighted by molar-refractivity contribution is 0.346. The second-order valence-corrected chi connectivity index (χ2v) is 5.13. The normalized spacial score (nSPS) is 24.0. The maximum absolute atomic E-state index is 4.99. The fourth-order valence-corrected chi connectivity index (χ4v) is 2.82. The van der Waals surface area contributed by atoms with Crippen LogP contribution in [0.3, 0.4) is 0 Å². The first kappa shape index (κ1) is 10.7. The highest BCUT2D eigenvalue weighted by atomic mass is 32.2. The predicted octanol–water partition coefficient (Wildman–Crippen LogP) is 3.35. The Morgan fingerprint density at radius 3 is 1.67 bits per heavy atom. The largest absolute Gasteiger partial charge is 0.315 e. The number of rotatable bonds is 0. The van der Waals surface area contributed by atoms with Gasteiger partial charge in [0.15, 0.2) is 0 Å². The highest BCUT2D eigenvalue weighted by Crippen LogP contribution is 2.15. The van der Waals surface area contributed by atoms with Crippen molar-refractivity contribution in [2.45, 2.75) is 32.1 Å². The predicted molar refractivity (Wildman–Crippen MR) is 58.8 cm³/mol. The van der Waals surface area contributed by atoms with Crippen LogP contribution in [0.2, 0.25) is 0 Å². The van der Waals surface area contributed by atoms with Gasteiger partial charge in [-0.3, -0.25) is 0 Å². The summed E-state index contributed by atoms with van der Waals surface area (Å²) in [5.41, 5.74) is 0. The minimum Gasteiger partial charge on any atom is -0.315 e. The third-order valence-corrected chi connectivity index (χ3v) is 3.81. The summed E-state index contributed by atoms with van der Waals surface area (Å²) in [5, 5.41) is 0. The van der Waals surface area contributed by atoms with Crippen molar-refractivity contribution in [1.29, 1.82) is 0 Å². The van der Waals surface area contributed by atoms with Gasteiger partial charge in [0, 0.05) is 5.75 Å². The first-order chi connectivity index (χ1) is 6.00. The summed E-state index contributed by atoms with van der Waals surface area (Å²) in [6.45, 7) is 0.963. The Balaban J connectivity index is 0.000000120. The Kier molecular flexibility index (Phi) is 7.40. The van der Waals surface area contributed by atoms with Gasteiger partial charge >= 0.3 is 0 Å². The molecule has 2 heterocycles. The van der Waals surface area contributed by atoms with Crippen molar-refractivity contribution in [2.75, 3.05) is 23.9 Å². The van der Waals surface area contributed by atoms with E-state index in [-0.39, 0.29) is 0 Å². The van der Waals surface area contributed by atoms with Crippen LogP contribution in [-0.2, 0) is 4.18 Å². The molecule has 0 radical (unpaired) electrons. The lowest BCUT2D eigenvalue weighted by Gasteiger charge is -2.06. The second-order valence-electron chi connectivity index (χ2n) is 3.02. The van der Waals surface area contributed by atoms with Crippen molar-refractivity contribution in [3.05, 3.63) is 0 Å². The molecule has 0 atom stereocenters. The molecule has 0 spiro atoms. The van der Waals surface area contributed by atoms with E-state index in [0.717, 1.165) is 6.61 Å². The third-order valence-electron chi connectivity index (χ3n) is 1.87. The molecule has 2 saturated heterocycles. The molecule has 2 aliphatic heterocycles. The van der Waals surface area contributed by atoms with Crippen LogP contribution < -0.4 is 0 Å². The molecule has 0 saturated carbocycles. The molecule has 0 aromatic carbocycles. The lowest BCUT2D eigenvalue weighted by Crippen LogP contribution is -1.95. The van der Waals surface area contributed by atoms with Gasteiger partial charge in [-0.1, -0.05) is 6.42 Å². The van der Waals surface area contributed by atoms with E-state index in [1.807, 2.05) is 0 Å². The summed E-state index contributed by atoms with van der Waals surface area (Å²) in [6.07, 6.45) is 7.00. The standard InChI is InChI=1S/C5H10S.C4H8OS/c2*1-2-4-6-5-3-1/h1-5H2;1-4H2. The van der Waals surface area contributed by atoms with Gasteiger partial charge in [0.25, 0.3) is 0 Å². The Morgan fingerprint density at radius 1 is 0.750 bits per heavy atom. The molecule has 0 amide bonds. The number of hydrogen-bond donors (Lipinski definition) is 0. The van der Waals surface area contributed by atoms with Crippen LogP contribution in [0.5, 0.6) is 0 Å². The van der Waals surface area contributed by atoms with E-state index in [2.05, 4.69) is 11.8 Å². The van der Waals surface area contributed by atoms with Crippen molar-refractivity contribution in [3.8, 4) is 0 Å². The van der Waals surface area contributed by atoms with E-state index in [4.69, 9.17) is 4.18 Å².